The largest absolute Gasteiger partial charge is 0.387 e. The molecule has 1 rings (SSSR count). The first-order valence-electron chi connectivity index (χ1n) is 6.29. The second kappa shape index (κ2) is 5.31. The van der Waals surface area contributed by atoms with E-state index < -0.39 is 5.60 Å². The monoisotopic (exact) mass is 214 g/mol. The molecule has 3 atom stereocenters. The lowest BCUT2D eigenvalue weighted by Gasteiger charge is -2.44. The quantitative estimate of drug-likeness (QED) is 0.779. The molecule has 0 aliphatic heterocycles. The minimum atomic E-state index is -0.582. The fourth-order valence-electron chi connectivity index (χ4n) is 2.99. The van der Waals surface area contributed by atoms with E-state index in [1.807, 2.05) is 6.92 Å². The molecule has 1 fully saturated rings. The Kier molecular flexibility index (Phi) is 4.60. The maximum absolute atomic E-state index is 10.7. The molecule has 90 valence electrons. The lowest BCUT2D eigenvalue weighted by molar-refractivity contribution is -0.126. The Bertz CT molecular complexity index is 191. The number of hydrogen-bond acceptors (Lipinski definition) is 2. The molecule has 2 heteroatoms. The van der Waals surface area contributed by atoms with Crippen LogP contribution in [0.5, 0.6) is 0 Å². The highest BCUT2D eigenvalue weighted by Crippen LogP contribution is 2.41. The lowest BCUT2D eigenvalue weighted by Crippen LogP contribution is -2.49. The van der Waals surface area contributed by atoms with Crippen molar-refractivity contribution in [2.24, 2.45) is 17.8 Å². The molecule has 2 nitrogen and oxygen atoms in total. The van der Waals surface area contributed by atoms with Crippen molar-refractivity contribution in [3.05, 3.63) is 0 Å². The minimum Gasteiger partial charge on any atom is -0.387 e. The van der Waals surface area contributed by atoms with Crippen LogP contribution in [0.3, 0.4) is 0 Å². The van der Waals surface area contributed by atoms with Gasteiger partial charge in [-0.2, -0.15) is 0 Å². The van der Waals surface area contributed by atoms with Crippen LogP contribution < -0.4 is 0 Å². The summed E-state index contributed by atoms with van der Waals surface area (Å²) in [5, 5.41) is 10.7. The Hall–Kier alpha value is -0.0800. The van der Waals surface area contributed by atoms with Crippen molar-refractivity contribution in [2.45, 2.75) is 52.6 Å². The van der Waals surface area contributed by atoms with Gasteiger partial charge in [-0.05, 0) is 37.5 Å². The standard InChI is InChI=1S/C13H26O2/c1-5-15-9-13(14)8-11(4)6-7-12(13)10(2)3/h10-12,14H,5-9H2,1-4H3. The van der Waals surface area contributed by atoms with Gasteiger partial charge in [0, 0.05) is 6.61 Å². The SMILES string of the molecule is CCOCC1(O)CC(C)CCC1C(C)C. The molecule has 1 aliphatic rings. The minimum absolute atomic E-state index is 0.403. The van der Waals surface area contributed by atoms with Crippen LogP contribution in [0.2, 0.25) is 0 Å². The Morgan fingerprint density at radius 1 is 1.40 bits per heavy atom. The smallest absolute Gasteiger partial charge is 0.0913 e. The van der Waals surface area contributed by atoms with Gasteiger partial charge >= 0.3 is 0 Å². The third kappa shape index (κ3) is 3.18. The first kappa shape index (κ1) is 13.0. The summed E-state index contributed by atoms with van der Waals surface area (Å²) in [6.07, 6.45) is 3.29. The maximum atomic E-state index is 10.7. The van der Waals surface area contributed by atoms with Crippen molar-refractivity contribution >= 4 is 0 Å². The van der Waals surface area contributed by atoms with Gasteiger partial charge in [0.1, 0.15) is 0 Å². The summed E-state index contributed by atoms with van der Waals surface area (Å²) in [4.78, 5) is 0. The molecule has 0 aromatic rings. The highest BCUT2D eigenvalue weighted by Gasteiger charge is 2.42. The van der Waals surface area contributed by atoms with Crippen molar-refractivity contribution in [1.82, 2.24) is 0 Å². The van der Waals surface area contributed by atoms with E-state index in [9.17, 15) is 5.11 Å². The first-order chi connectivity index (χ1) is 6.99. The van der Waals surface area contributed by atoms with Crippen molar-refractivity contribution in [3.8, 4) is 0 Å². The van der Waals surface area contributed by atoms with Crippen molar-refractivity contribution in [1.29, 1.82) is 0 Å². The topological polar surface area (TPSA) is 29.5 Å². The normalized spacial score (nSPS) is 37.2. The van der Waals surface area contributed by atoms with E-state index in [0.717, 1.165) is 12.8 Å². The summed E-state index contributed by atoms with van der Waals surface area (Å²) in [5.74, 6) is 1.58. The van der Waals surface area contributed by atoms with Gasteiger partial charge in [-0.15, -0.1) is 0 Å². The average molecular weight is 214 g/mol. The summed E-state index contributed by atoms with van der Waals surface area (Å²) in [7, 11) is 0. The van der Waals surface area contributed by atoms with Gasteiger partial charge in [-0.3, -0.25) is 0 Å². The maximum Gasteiger partial charge on any atom is 0.0913 e. The predicted octanol–water partition coefficient (Wildman–Crippen LogP) is 2.85. The molecule has 0 spiro atoms. The highest BCUT2D eigenvalue weighted by atomic mass is 16.5. The summed E-state index contributed by atoms with van der Waals surface area (Å²) in [6.45, 7) is 9.83. The number of aliphatic hydroxyl groups is 1. The van der Waals surface area contributed by atoms with Gasteiger partial charge in [-0.25, -0.2) is 0 Å². The zero-order chi connectivity index (χ0) is 11.5. The van der Waals surface area contributed by atoms with E-state index in [4.69, 9.17) is 4.74 Å². The molecule has 1 saturated carbocycles. The van der Waals surface area contributed by atoms with Crippen LogP contribution in [-0.2, 0) is 4.74 Å². The molecule has 0 aromatic heterocycles. The number of rotatable bonds is 4. The van der Waals surface area contributed by atoms with E-state index in [1.165, 1.54) is 6.42 Å². The summed E-state index contributed by atoms with van der Waals surface area (Å²) < 4.78 is 5.45. The molecule has 0 saturated heterocycles. The van der Waals surface area contributed by atoms with E-state index in [0.29, 0.717) is 31.0 Å². The predicted molar refractivity (Wildman–Crippen MR) is 62.8 cm³/mol. The Morgan fingerprint density at radius 2 is 2.07 bits per heavy atom. The molecule has 3 unspecified atom stereocenters. The van der Waals surface area contributed by atoms with E-state index in [2.05, 4.69) is 20.8 Å². The van der Waals surface area contributed by atoms with Crippen LogP contribution in [0.25, 0.3) is 0 Å². The van der Waals surface area contributed by atoms with E-state index in [1.54, 1.807) is 0 Å². The van der Waals surface area contributed by atoms with Crippen LogP contribution in [0.4, 0.5) is 0 Å². The average Bonchev–Trinajstić information content (AvgIpc) is 2.14. The molecule has 0 amide bonds. The molecule has 1 N–H and O–H groups in total. The van der Waals surface area contributed by atoms with Gasteiger partial charge in [0.25, 0.3) is 0 Å². The second-order valence-corrected chi connectivity index (χ2v) is 5.48. The van der Waals surface area contributed by atoms with Gasteiger partial charge in [-0.1, -0.05) is 27.2 Å². The molecule has 0 heterocycles. The van der Waals surface area contributed by atoms with E-state index >= 15 is 0 Å². The van der Waals surface area contributed by atoms with Crippen LogP contribution in [0, 0.1) is 17.8 Å². The van der Waals surface area contributed by atoms with Crippen molar-refractivity contribution in [2.75, 3.05) is 13.2 Å². The van der Waals surface area contributed by atoms with Crippen LogP contribution in [0.1, 0.15) is 47.0 Å². The molecule has 0 radical (unpaired) electrons. The first-order valence-corrected chi connectivity index (χ1v) is 6.29. The fraction of sp³-hybridized carbons (Fsp3) is 1.00. The summed E-state index contributed by atoms with van der Waals surface area (Å²) in [6, 6.07) is 0. The fourth-order valence-corrected chi connectivity index (χ4v) is 2.99. The molecular formula is C13H26O2. The van der Waals surface area contributed by atoms with Crippen molar-refractivity contribution < 1.29 is 9.84 Å². The molecule has 1 aliphatic carbocycles. The van der Waals surface area contributed by atoms with Crippen LogP contribution in [-0.4, -0.2) is 23.9 Å². The van der Waals surface area contributed by atoms with Gasteiger partial charge in [0.05, 0.1) is 12.2 Å². The highest BCUT2D eigenvalue weighted by molar-refractivity contribution is 4.93. The number of hydrogen-bond donors (Lipinski definition) is 1. The zero-order valence-electron chi connectivity index (χ0n) is 10.6. The molecule has 0 aromatic carbocycles. The Labute approximate surface area is 94.0 Å². The third-order valence-electron chi connectivity index (χ3n) is 3.72. The second-order valence-electron chi connectivity index (χ2n) is 5.48. The van der Waals surface area contributed by atoms with Gasteiger partial charge in [0.2, 0.25) is 0 Å². The van der Waals surface area contributed by atoms with Gasteiger partial charge < -0.3 is 9.84 Å². The van der Waals surface area contributed by atoms with Crippen LogP contribution in [0.15, 0.2) is 0 Å². The van der Waals surface area contributed by atoms with E-state index in [-0.39, 0.29) is 0 Å². The molecular weight excluding hydrogens is 188 g/mol. The molecule has 0 bridgehead atoms. The Morgan fingerprint density at radius 3 is 2.60 bits per heavy atom. The zero-order valence-corrected chi connectivity index (χ0v) is 10.6. The van der Waals surface area contributed by atoms with Crippen LogP contribution >= 0.6 is 0 Å². The third-order valence-corrected chi connectivity index (χ3v) is 3.72. The van der Waals surface area contributed by atoms with Crippen molar-refractivity contribution in [3.63, 3.8) is 0 Å². The Balaban J connectivity index is 2.67. The molecule has 15 heavy (non-hydrogen) atoms. The number of ether oxygens (including phenoxy) is 1. The van der Waals surface area contributed by atoms with Gasteiger partial charge in [0.15, 0.2) is 0 Å². The lowest BCUT2D eigenvalue weighted by atomic mass is 9.67. The summed E-state index contributed by atoms with van der Waals surface area (Å²) >= 11 is 0. The summed E-state index contributed by atoms with van der Waals surface area (Å²) in [5.41, 5.74) is -0.582.